The Morgan fingerprint density at radius 2 is 2.17 bits per heavy atom. The topological polar surface area (TPSA) is 107 Å². The molecule has 1 aliphatic rings. The maximum atomic E-state index is 6.18. The Labute approximate surface area is 143 Å². The van der Waals surface area contributed by atoms with Crippen LogP contribution in [0.1, 0.15) is 12.6 Å². The molecule has 0 amide bonds. The van der Waals surface area contributed by atoms with E-state index in [-0.39, 0.29) is 11.4 Å². The molecule has 8 heteroatoms. The average Bonchev–Trinajstić information content (AvgIpc) is 3.05. The van der Waals surface area contributed by atoms with Gasteiger partial charge in [0.15, 0.2) is 11.4 Å². The second-order valence-electron chi connectivity index (χ2n) is 6.24. The average molecular weight is 342 g/mol. The van der Waals surface area contributed by atoms with E-state index in [0.29, 0.717) is 11.4 Å². The largest absolute Gasteiger partial charge is 0.424 e. The van der Waals surface area contributed by atoms with Crippen LogP contribution in [-0.2, 0) is 5.41 Å². The summed E-state index contributed by atoms with van der Waals surface area (Å²) in [5, 5.41) is 0. The number of fused-ring (bicyclic) bond motifs is 2. The van der Waals surface area contributed by atoms with Crippen LogP contribution in [0, 0.1) is 0 Å². The van der Waals surface area contributed by atoms with Crippen molar-refractivity contribution in [2.45, 2.75) is 12.3 Å². The van der Waals surface area contributed by atoms with Crippen LogP contribution in [0.25, 0.3) is 11.1 Å². The van der Waals surface area contributed by atoms with E-state index in [1.807, 2.05) is 18.2 Å². The molecule has 3 heterocycles. The summed E-state index contributed by atoms with van der Waals surface area (Å²) in [4.78, 5) is 15.1. The molecule has 0 bridgehead atoms. The van der Waals surface area contributed by atoms with Crippen molar-refractivity contribution in [3.63, 3.8) is 0 Å². The zero-order valence-corrected chi connectivity index (χ0v) is 14.3. The molecule has 124 valence electrons. The number of rotatable bonds is 3. The maximum Gasteiger partial charge on any atom is 0.292 e. The Bertz CT molecular complexity index is 926. The molecule has 4 N–H and O–H groups in total. The number of aromatic nitrogens is 3. The van der Waals surface area contributed by atoms with E-state index in [4.69, 9.17) is 15.9 Å². The number of benzene rings is 1. The SMILES string of the molecule is CSC[C@@]1(C)CN(c2ccc3oc(N)nc3c2)c2c(N)ncnc21. The first-order valence-corrected chi connectivity index (χ1v) is 8.95. The van der Waals surface area contributed by atoms with E-state index < -0.39 is 0 Å². The quantitative estimate of drug-likeness (QED) is 0.748. The molecule has 0 radical (unpaired) electrons. The van der Waals surface area contributed by atoms with Crippen molar-refractivity contribution in [3.05, 3.63) is 30.2 Å². The predicted octanol–water partition coefficient (Wildman–Crippen LogP) is 2.55. The predicted molar refractivity (Wildman–Crippen MR) is 97.6 cm³/mol. The van der Waals surface area contributed by atoms with Gasteiger partial charge >= 0.3 is 0 Å². The number of thioether (sulfide) groups is 1. The van der Waals surface area contributed by atoms with E-state index in [2.05, 4.69) is 33.0 Å². The van der Waals surface area contributed by atoms with Gasteiger partial charge < -0.3 is 20.8 Å². The van der Waals surface area contributed by atoms with Gasteiger partial charge in [-0.05, 0) is 24.5 Å². The summed E-state index contributed by atoms with van der Waals surface area (Å²) in [7, 11) is 0. The molecular formula is C16H18N6OS. The fourth-order valence-electron chi connectivity index (χ4n) is 3.36. The van der Waals surface area contributed by atoms with Gasteiger partial charge in [0, 0.05) is 23.4 Å². The monoisotopic (exact) mass is 342 g/mol. The molecule has 0 aliphatic carbocycles. The summed E-state index contributed by atoms with van der Waals surface area (Å²) in [5.74, 6) is 1.44. The van der Waals surface area contributed by atoms with Crippen LogP contribution in [0.2, 0.25) is 0 Å². The first kappa shape index (κ1) is 15.1. The van der Waals surface area contributed by atoms with Gasteiger partial charge in [-0.2, -0.15) is 16.7 Å². The van der Waals surface area contributed by atoms with Crippen LogP contribution in [0.15, 0.2) is 28.9 Å². The van der Waals surface area contributed by atoms with Crippen LogP contribution in [0.4, 0.5) is 23.2 Å². The molecule has 0 spiro atoms. The van der Waals surface area contributed by atoms with Crippen molar-refractivity contribution in [2.75, 3.05) is 34.9 Å². The van der Waals surface area contributed by atoms with Crippen LogP contribution >= 0.6 is 11.8 Å². The number of nitrogen functional groups attached to an aromatic ring is 2. The van der Waals surface area contributed by atoms with Gasteiger partial charge in [-0.1, -0.05) is 6.92 Å². The van der Waals surface area contributed by atoms with Gasteiger partial charge in [0.05, 0.1) is 5.69 Å². The van der Waals surface area contributed by atoms with Crippen molar-refractivity contribution < 1.29 is 4.42 Å². The van der Waals surface area contributed by atoms with Crippen LogP contribution < -0.4 is 16.4 Å². The Morgan fingerprint density at radius 1 is 1.33 bits per heavy atom. The summed E-state index contributed by atoms with van der Waals surface area (Å²) in [6, 6.07) is 5.97. The third kappa shape index (κ3) is 2.17. The fourth-order valence-corrected chi connectivity index (χ4v) is 4.22. The molecule has 4 rings (SSSR count). The molecular weight excluding hydrogens is 324 g/mol. The van der Waals surface area contributed by atoms with Crippen molar-refractivity contribution in [1.82, 2.24) is 15.0 Å². The van der Waals surface area contributed by atoms with Gasteiger partial charge in [0.1, 0.15) is 17.5 Å². The smallest absolute Gasteiger partial charge is 0.292 e. The molecule has 2 aromatic heterocycles. The molecule has 0 saturated heterocycles. The number of nitrogens with zero attached hydrogens (tertiary/aromatic N) is 4. The number of nitrogens with two attached hydrogens (primary N) is 2. The maximum absolute atomic E-state index is 6.18. The van der Waals surface area contributed by atoms with Crippen molar-refractivity contribution in [1.29, 1.82) is 0 Å². The van der Waals surface area contributed by atoms with E-state index in [1.165, 1.54) is 6.33 Å². The van der Waals surface area contributed by atoms with E-state index in [0.717, 1.165) is 34.9 Å². The van der Waals surface area contributed by atoms with Gasteiger partial charge in [-0.3, -0.25) is 0 Å². The normalized spacial score (nSPS) is 19.8. The van der Waals surface area contributed by atoms with Gasteiger partial charge in [0.2, 0.25) is 0 Å². The lowest BCUT2D eigenvalue weighted by atomic mass is 9.91. The lowest BCUT2D eigenvalue weighted by Gasteiger charge is -2.24. The van der Waals surface area contributed by atoms with Crippen molar-refractivity contribution in [3.8, 4) is 0 Å². The molecule has 0 fully saturated rings. The molecule has 0 saturated carbocycles. The van der Waals surface area contributed by atoms with Crippen LogP contribution in [0.5, 0.6) is 0 Å². The highest BCUT2D eigenvalue weighted by atomic mass is 32.2. The van der Waals surface area contributed by atoms with Crippen LogP contribution in [-0.4, -0.2) is 33.5 Å². The molecule has 7 nitrogen and oxygen atoms in total. The lowest BCUT2D eigenvalue weighted by molar-refractivity contribution is 0.564. The highest BCUT2D eigenvalue weighted by Crippen LogP contribution is 2.47. The summed E-state index contributed by atoms with van der Waals surface area (Å²) in [6.45, 7) is 2.99. The highest BCUT2D eigenvalue weighted by Gasteiger charge is 2.42. The Morgan fingerprint density at radius 3 is 2.96 bits per heavy atom. The second-order valence-corrected chi connectivity index (χ2v) is 7.11. The summed E-state index contributed by atoms with van der Waals surface area (Å²) < 4.78 is 5.35. The summed E-state index contributed by atoms with van der Waals surface area (Å²) in [5.41, 5.74) is 16.0. The first-order valence-electron chi connectivity index (χ1n) is 7.55. The number of oxazole rings is 1. The molecule has 24 heavy (non-hydrogen) atoms. The molecule has 3 aromatic rings. The Balaban J connectivity index is 1.86. The standard InChI is InChI=1S/C16H18N6OS/c1-16(7-24-2)6-22(12-13(16)19-8-20-14(12)17)9-3-4-11-10(5-9)21-15(18)23-11/h3-5,8H,6-7H2,1-2H3,(H2,18,21)(H2,17,19,20)/t16-/m1/s1. The molecule has 1 aliphatic heterocycles. The minimum Gasteiger partial charge on any atom is -0.424 e. The van der Waals surface area contributed by atoms with E-state index in [9.17, 15) is 0 Å². The fraction of sp³-hybridized carbons (Fsp3) is 0.312. The third-order valence-electron chi connectivity index (χ3n) is 4.36. The molecule has 1 aromatic carbocycles. The van der Waals surface area contributed by atoms with Gasteiger partial charge in [-0.25, -0.2) is 9.97 Å². The minimum atomic E-state index is -0.0936. The Hall–Kier alpha value is -2.48. The van der Waals surface area contributed by atoms with Gasteiger partial charge in [0.25, 0.3) is 6.01 Å². The summed E-state index contributed by atoms with van der Waals surface area (Å²) in [6.07, 6.45) is 3.64. The van der Waals surface area contributed by atoms with Crippen LogP contribution in [0.3, 0.4) is 0 Å². The summed E-state index contributed by atoms with van der Waals surface area (Å²) >= 11 is 1.80. The number of hydrogen-bond acceptors (Lipinski definition) is 8. The van der Waals surface area contributed by atoms with Gasteiger partial charge in [-0.15, -0.1) is 0 Å². The first-order chi connectivity index (χ1) is 11.5. The number of anilines is 4. The zero-order chi connectivity index (χ0) is 16.9. The second kappa shape index (κ2) is 5.27. The third-order valence-corrected chi connectivity index (χ3v) is 5.29. The number of hydrogen-bond donors (Lipinski definition) is 2. The molecule has 1 atom stereocenters. The molecule has 0 unspecified atom stereocenters. The highest BCUT2D eigenvalue weighted by molar-refractivity contribution is 7.98. The minimum absolute atomic E-state index is 0.0936. The zero-order valence-electron chi connectivity index (χ0n) is 13.5. The van der Waals surface area contributed by atoms with E-state index in [1.54, 1.807) is 11.8 Å². The van der Waals surface area contributed by atoms with Crippen molar-refractivity contribution >= 4 is 46.1 Å². The Kier molecular flexibility index (Phi) is 3.31. The van der Waals surface area contributed by atoms with E-state index >= 15 is 0 Å². The van der Waals surface area contributed by atoms with Crippen molar-refractivity contribution in [2.24, 2.45) is 0 Å². The lowest BCUT2D eigenvalue weighted by Crippen LogP contribution is -2.31.